The summed E-state index contributed by atoms with van der Waals surface area (Å²) >= 11 is 1.59. The van der Waals surface area contributed by atoms with Gasteiger partial charge < -0.3 is 9.30 Å². The van der Waals surface area contributed by atoms with Gasteiger partial charge in [-0.2, -0.15) is 0 Å². The molecule has 2 atom stereocenters. The number of nitrogens with zero attached hydrogens (tertiary/aromatic N) is 3. The van der Waals surface area contributed by atoms with Crippen molar-refractivity contribution in [3.63, 3.8) is 0 Å². The third kappa shape index (κ3) is 2.82. The van der Waals surface area contributed by atoms with Crippen LogP contribution in [0.15, 0.2) is 5.16 Å². The Morgan fingerprint density at radius 3 is 3.00 bits per heavy atom. The van der Waals surface area contributed by atoms with Crippen LogP contribution in [0.4, 0.5) is 0 Å². The first-order valence-electron chi connectivity index (χ1n) is 5.76. The van der Waals surface area contributed by atoms with Crippen LogP contribution in [0.25, 0.3) is 0 Å². The lowest BCUT2D eigenvalue weighted by Gasteiger charge is -2.11. The van der Waals surface area contributed by atoms with Gasteiger partial charge in [0.05, 0.1) is 6.10 Å². The van der Waals surface area contributed by atoms with Crippen molar-refractivity contribution in [2.24, 2.45) is 12.9 Å². The van der Waals surface area contributed by atoms with E-state index in [9.17, 15) is 4.79 Å². The second-order valence-corrected chi connectivity index (χ2v) is 5.22. The van der Waals surface area contributed by atoms with E-state index < -0.39 is 6.10 Å². The molecular weight excluding hydrogens is 254 g/mol. The SMILES string of the molecule is Cc1nnc(SCC2CCC(C(=O)NN)O2)n1C. The lowest BCUT2D eigenvalue weighted by molar-refractivity contribution is -0.131. The van der Waals surface area contributed by atoms with E-state index in [1.54, 1.807) is 11.8 Å². The Kier molecular flexibility index (Phi) is 4.20. The molecule has 0 bridgehead atoms. The van der Waals surface area contributed by atoms with Gasteiger partial charge >= 0.3 is 0 Å². The Morgan fingerprint density at radius 1 is 1.61 bits per heavy atom. The highest BCUT2D eigenvalue weighted by Gasteiger charge is 2.30. The van der Waals surface area contributed by atoms with Crippen molar-refractivity contribution in [3.05, 3.63) is 5.82 Å². The first-order chi connectivity index (χ1) is 8.61. The molecule has 1 aliphatic heterocycles. The van der Waals surface area contributed by atoms with E-state index in [0.29, 0.717) is 6.42 Å². The fraction of sp³-hybridized carbons (Fsp3) is 0.700. The molecule has 1 aromatic rings. The van der Waals surface area contributed by atoms with Gasteiger partial charge in [-0.05, 0) is 19.8 Å². The summed E-state index contributed by atoms with van der Waals surface area (Å²) in [5.74, 6) is 6.47. The Morgan fingerprint density at radius 2 is 2.39 bits per heavy atom. The molecule has 0 aliphatic carbocycles. The number of nitrogens with one attached hydrogen (secondary N) is 1. The second kappa shape index (κ2) is 5.68. The molecule has 1 amide bonds. The zero-order chi connectivity index (χ0) is 13.1. The first kappa shape index (κ1) is 13.3. The summed E-state index contributed by atoms with van der Waals surface area (Å²) in [5, 5.41) is 8.92. The van der Waals surface area contributed by atoms with Gasteiger partial charge in [0.1, 0.15) is 11.9 Å². The topological polar surface area (TPSA) is 95.1 Å². The van der Waals surface area contributed by atoms with Crippen LogP contribution < -0.4 is 11.3 Å². The number of ether oxygens (including phenoxy) is 1. The van der Waals surface area contributed by atoms with Crippen LogP contribution in [0.3, 0.4) is 0 Å². The van der Waals surface area contributed by atoms with Crippen LogP contribution in [0.1, 0.15) is 18.7 Å². The van der Waals surface area contributed by atoms with Crippen molar-refractivity contribution < 1.29 is 9.53 Å². The number of nitrogens with two attached hydrogens (primary N) is 1. The molecule has 0 spiro atoms. The smallest absolute Gasteiger partial charge is 0.263 e. The van der Waals surface area contributed by atoms with Crippen molar-refractivity contribution in [1.82, 2.24) is 20.2 Å². The number of aryl methyl sites for hydroxylation is 1. The normalized spacial score (nSPS) is 23.3. The highest BCUT2D eigenvalue weighted by Crippen LogP contribution is 2.25. The molecule has 1 aliphatic rings. The molecular formula is C10H17N5O2S. The molecule has 1 saturated heterocycles. The van der Waals surface area contributed by atoms with Crippen molar-refractivity contribution >= 4 is 17.7 Å². The third-order valence-electron chi connectivity index (χ3n) is 2.99. The quantitative estimate of drug-likeness (QED) is 0.339. The van der Waals surface area contributed by atoms with Crippen molar-refractivity contribution in [2.45, 2.75) is 37.1 Å². The monoisotopic (exact) mass is 271 g/mol. The highest BCUT2D eigenvalue weighted by molar-refractivity contribution is 7.99. The average Bonchev–Trinajstić information content (AvgIpc) is 2.96. The summed E-state index contributed by atoms with van der Waals surface area (Å²) in [4.78, 5) is 11.3. The minimum Gasteiger partial charge on any atom is -0.364 e. The number of thioether (sulfide) groups is 1. The number of carbonyl (C=O) groups is 1. The molecule has 0 aromatic carbocycles. The van der Waals surface area contributed by atoms with E-state index in [-0.39, 0.29) is 12.0 Å². The van der Waals surface area contributed by atoms with E-state index >= 15 is 0 Å². The maximum absolute atomic E-state index is 11.3. The van der Waals surface area contributed by atoms with E-state index in [0.717, 1.165) is 23.2 Å². The average molecular weight is 271 g/mol. The van der Waals surface area contributed by atoms with Gasteiger partial charge in [0.2, 0.25) is 0 Å². The van der Waals surface area contributed by atoms with Crippen LogP contribution in [-0.2, 0) is 16.6 Å². The number of hydrogen-bond acceptors (Lipinski definition) is 6. The van der Waals surface area contributed by atoms with E-state index in [4.69, 9.17) is 10.6 Å². The van der Waals surface area contributed by atoms with Crippen molar-refractivity contribution in [2.75, 3.05) is 5.75 Å². The molecule has 2 unspecified atom stereocenters. The molecule has 2 rings (SSSR count). The zero-order valence-electron chi connectivity index (χ0n) is 10.4. The van der Waals surface area contributed by atoms with Crippen LogP contribution >= 0.6 is 11.8 Å². The van der Waals surface area contributed by atoms with Gasteiger partial charge in [0.25, 0.3) is 5.91 Å². The molecule has 0 radical (unpaired) electrons. The molecule has 2 heterocycles. The van der Waals surface area contributed by atoms with Crippen LogP contribution in [0.5, 0.6) is 0 Å². The minimum atomic E-state index is -0.415. The fourth-order valence-electron chi connectivity index (χ4n) is 1.80. The number of hydrogen-bond donors (Lipinski definition) is 2. The summed E-state index contributed by atoms with van der Waals surface area (Å²) < 4.78 is 7.55. The molecule has 3 N–H and O–H groups in total. The molecule has 100 valence electrons. The summed E-state index contributed by atoms with van der Waals surface area (Å²) in [5.41, 5.74) is 2.12. The maximum atomic E-state index is 11.3. The van der Waals surface area contributed by atoms with Crippen LogP contribution in [-0.4, -0.2) is 38.6 Å². The van der Waals surface area contributed by atoms with Crippen LogP contribution in [0, 0.1) is 6.92 Å². The highest BCUT2D eigenvalue weighted by atomic mass is 32.2. The Bertz CT molecular complexity index is 436. The number of carbonyl (C=O) groups excluding carboxylic acids is 1. The Labute approximate surface area is 109 Å². The van der Waals surface area contributed by atoms with Gasteiger partial charge in [-0.25, -0.2) is 5.84 Å². The molecule has 7 nitrogen and oxygen atoms in total. The van der Waals surface area contributed by atoms with E-state index in [1.165, 1.54) is 0 Å². The third-order valence-corrected chi connectivity index (χ3v) is 4.15. The lowest BCUT2D eigenvalue weighted by Crippen LogP contribution is -2.39. The summed E-state index contributed by atoms with van der Waals surface area (Å²) in [6.45, 7) is 1.91. The largest absolute Gasteiger partial charge is 0.364 e. The molecule has 1 aromatic heterocycles. The second-order valence-electron chi connectivity index (χ2n) is 4.23. The predicted octanol–water partition coefficient (Wildman–Crippen LogP) is -0.247. The molecule has 1 fully saturated rings. The van der Waals surface area contributed by atoms with Crippen molar-refractivity contribution in [1.29, 1.82) is 0 Å². The van der Waals surface area contributed by atoms with Gasteiger partial charge in [-0.3, -0.25) is 10.2 Å². The van der Waals surface area contributed by atoms with Gasteiger partial charge in [-0.15, -0.1) is 10.2 Å². The molecule has 8 heteroatoms. The standard InChI is InChI=1S/C10H17N5O2S/c1-6-13-14-10(15(6)2)18-5-7-3-4-8(17-7)9(16)12-11/h7-8H,3-5,11H2,1-2H3,(H,12,16). The number of amides is 1. The summed E-state index contributed by atoms with van der Waals surface area (Å²) in [6, 6.07) is 0. The first-order valence-corrected chi connectivity index (χ1v) is 6.75. The Hall–Kier alpha value is -1.12. The molecule has 18 heavy (non-hydrogen) atoms. The maximum Gasteiger partial charge on any atom is 0.263 e. The van der Waals surface area contributed by atoms with Gasteiger partial charge in [-0.1, -0.05) is 11.8 Å². The molecule has 0 saturated carbocycles. The lowest BCUT2D eigenvalue weighted by atomic mass is 10.2. The number of aromatic nitrogens is 3. The zero-order valence-corrected chi connectivity index (χ0v) is 11.2. The van der Waals surface area contributed by atoms with Gasteiger partial charge in [0.15, 0.2) is 5.16 Å². The predicted molar refractivity (Wildman–Crippen MR) is 66.7 cm³/mol. The summed E-state index contributed by atoms with van der Waals surface area (Å²) in [7, 11) is 1.93. The van der Waals surface area contributed by atoms with Crippen molar-refractivity contribution in [3.8, 4) is 0 Å². The number of hydrazine groups is 1. The number of rotatable bonds is 4. The van der Waals surface area contributed by atoms with E-state index in [2.05, 4.69) is 15.6 Å². The summed E-state index contributed by atoms with van der Waals surface area (Å²) in [6.07, 6.45) is 1.23. The van der Waals surface area contributed by atoms with E-state index in [1.807, 2.05) is 18.5 Å². The fourth-order valence-corrected chi connectivity index (χ4v) is 2.80. The van der Waals surface area contributed by atoms with Crippen LogP contribution in [0.2, 0.25) is 0 Å². The Balaban J connectivity index is 1.82. The minimum absolute atomic E-state index is 0.0642. The van der Waals surface area contributed by atoms with Gasteiger partial charge in [0, 0.05) is 12.8 Å².